The summed E-state index contributed by atoms with van der Waals surface area (Å²) in [6.07, 6.45) is 0. The maximum Gasteiger partial charge on any atom is 0.310 e. The zero-order chi connectivity index (χ0) is 14.9. The van der Waals surface area contributed by atoms with Gasteiger partial charge in [-0.3, -0.25) is 4.79 Å². The fourth-order valence-electron chi connectivity index (χ4n) is 1.90. The maximum absolute atomic E-state index is 14.0. The van der Waals surface area contributed by atoms with Crippen LogP contribution in [0.3, 0.4) is 0 Å². The molecule has 0 fully saturated rings. The third-order valence-corrected chi connectivity index (χ3v) is 3.13. The van der Waals surface area contributed by atoms with E-state index in [0.29, 0.717) is 5.56 Å². The van der Waals surface area contributed by atoms with Crippen molar-refractivity contribution < 1.29 is 23.8 Å². The molecule has 0 aliphatic heterocycles. The van der Waals surface area contributed by atoms with Crippen LogP contribution in [0.1, 0.15) is 18.4 Å². The number of benzene rings is 2. The first kappa shape index (κ1) is 14.0. The fraction of sp³-hybridized carbons (Fsp3) is 0.133. The maximum atomic E-state index is 14.0. The van der Waals surface area contributed by atoms with Crippen LogP contribution in [0.5, 0.6) is 5.75 Å². The zero-order valence-corrected chi connectivity index (χ0v) is 10.6. The summed E-state index contributed by atoms with van der Waals surface area (Å²) in [5, 5.41) is 18.0. The minimum Gasteiger partial charge on any atom is -0.508 e. The summed E-state index contributed by atoms with van der Waals surface area (Å²) < 4.78 is 28.0. The quantitative estimate of drug-likeness (QED) is 0.903. The zero-order valence-electron chi connectivity index (χ0n) is 10.6. The van der Waals surface area contributed by atoms with Crippen LogP contribution in [-0.2, 0) is 4.79 Å². The van der Waals surface area contributed by atoms with Gasteiger partial charge in [0.2, 0.25) is 0 Å². The summed E-state index contributed by atoms with van der Waals surface area (Å²) in [5.41, 5.74) is 0.218. The van der Waals surface area contributed by atoms with Crippen molar-refractivity contribution in [1.82, 2.24) is 0 Å². The van der Waals surface area contributed by atoms with Crippen LogP contribution in [0.15, 0.2) is 36.4 Å². The Kier molecular flexibility index (Phi) is 3.70. The largest absolute Gasteiger partial charge is 0.508 e. The highest BCUT2D eigenvalue weighted by atomic mass is 19.2. The third kappa shape index (κ3) is 2.47. The smallest absolute Gasteiger partial charge is 0.310 e. The van der Waals surface area contributed by atoms with Gasteiger partial charge in [0.1, 0.15) is 5.75 Å². The molecule has 0 aliphatic carbocycles. The van der Waals surface area contributed by atoms with Crippen molar-refractivity contribution in [2.24, 2.45) is 0 Å². The second-order valence-corrected chi connectivity index (χ2v) is 4.44. The van der Waals surface area contributed by atoms with Crippen molar-refractivity contribution in [1.29, 1.82) is 0 Å². The molecule has 2 N–H and O–H groups in total. The van der Waals surface area contributed by atoms with E-state index in [1.54, 1.807) is 0 Å². The predicted molar refractivity (Wildman–Crippen MR) is 69.5 cm³/mol. The third-order valence-electron chi connectivity index (χ3n) is 3.13. The number of carbonyl (C=O) groups is 1. The first-order chi connectivity index (χ1) is 9.41. The molecule has 0 saturated carbocycles. The van der Waals surface area contributed by atoms with Gasteiger partial charge in [-0.2, -0.15) is 0 Å². The number of carboxylic acids is 1. The number of aromatic hydroxyl groups is 1. The van der Waals surface area contributed by atoms with Crippen molar-refractivity contribution >= 4 is 5.97 Å². The van der Waals surface area contributed by atoms with Gasteiger partial charge in [0.05, 0.1) is 5.92 Å². The van der Waals surface area contributed by atoms with Crippen LogP contribution < -0.4 is 0 Å². The average Bonchev–Trinajstić information content (AvgIpc) is 2.42. The van der Waals surface area contributed by atoms with Crippen molar-refractivity contribution in [3.63, 3.8) is 0 Å². The van der Waals surface area contributed by atoms with E-state index in [-0.39, 0.29) is 16.9 Å². The monoisotopic (exact) mass is 278 g/mol. The molecule has 0 aliphatic rings. The van der Waals surface area contributed by atoms with Gasteiger partial charge >= 0.3 is 5.97 Å². The van der Waals surface area contributed by atoms with Crippen molar-refractivity contribution in [3.05, 3.63) is 53.6 Å². The Balaban J connectivity index is 2.51. The van der Waals surface area contributed by atoms with Crippen molar-refractivity contribution in [2.75, 3.05) is 0 Å². The second kappa shape index (κ2) is 5.28. The van der Waals surface area contributed by atoms with Crippen LogP contribution in [0.4, 0.5) is 8.78 Å². The molecule has 1 unspecified atom stereocenters. The fourth-order valence-corrected chi connectivity index (χ4v) is 1.90. The Bertz CT molecular complexity index is 651. The van der Waals surface area contributed by atoms with Gasteiger partial charge in [-0.1, -0.05) is 24.3 Å². The molecule has 0 amide bonds. The summed E-state index contributed by atoms with van der Waals surface area (Å²) in [6.45, 7) is 1.29. The molecule has 0 radical (unpaired) electrons. The molecule has 2 rings (SSSR count). The van der Waals surface area contributed by atoms with E-state index < -0.39 is 23.5 Å². The van der Waals surface area contributed by atoms with Gasteiger partial charge in [-0.15, -0.1) is 0 Å². The minimum atomic E-state index is -1.22. The molecule has 3 nitrogen and oxygen atoms in total. The summed E-state index contributed by atoms with van der Waals surface area (Å²) in [6, 6.07) is 8.22. The molecule has 0 heterocycles. The first-order valence-electron chi connectivity index (χ1n) is 5.92. The van der Waals surface area contributed by atoms with E-state index in [9.17, 15) is 18.7 Å². The molecule has 0 saturated heterocycles. The normalized spacial score (nSPS) is 12.2. The van der Waals surface area contributed by atoms with E-state index in [2.05, 4.69) is 0 Å². The molecule has 104 valence electrons. The molecule has 0 bridgehead atoms. The highest BCUT2D eigenvalue weighted by molar-refractivity contribution is 5.76. The molecule has 0 spiro atoms. The Morgan fingerprint density at radius 2 is 1.65 bits per heavy atom. The van der Waals surface area contributed by atoms with Crippen LogP contribution in [0, 0.1) is 11.6 Å². The summed E-state index contributed by atoms with van der Waals surface area (Å²) >= 11 is 0. The molecule has 5 heteroatoms. The van der Waals surface area contributed by atoms with Crippen molar-refractivity contribution in [2.45, 2.75) is 12.8 Å². The summed E-state index contributed by atoms with van der Waals surface area (Å²) in [7, 11) is 0. The highest BCUT2D eigenvalue weighted by Crippen LogP contribution is 2.30. The van der Waals surface area contributed by atoms with E-state index in [1.807, 2.05) is 0 Å². The summed E-state index contributed by atoms with van der Waals surface area (Å²) in [4.78, 5) is 10.8. The average molecular weight is 278 g/mol. The molecular formula is C15H12F2O3. The Morgan fingerprint density at radius 1 is 1.05 bits per heavy atom. The van der Waals surface area contributed by atoms with Gasteiger partial charge in [0, 0.05) is 11.1 Å². The summed E-state index contributed by atoms with van der Waals surface area (Å²) in [5.74, 6) is -4.59. The van der Waals surface area contributed by atoms with Crippen LogP contribution in [0.2, 0.25) is 0 Å². The van der Waals surface area contributed by atoms with Gasteiger partial charge < -0.3 is 10.2 Å². The van der Waals surface area contributed by atoms with E-state index in [4.69, 9.17) is 5.11 Å². The molecular weight excluding hydrogens is 266 g/mol. The van der Waals surface area contributed by atoms with Crippen LogP contribution in [0.25, 0.3) is 11.1 Å². The number of halogens is 2. The lowest BCUT2D eigenvalue weighted by atomic mass is 9.96. The van der Waals surface area contributed by atoms with Gasteiger partial charge in [-0.25, -0.2) is 8.78 Å². The predicted octanol–water partition coefficient (Wildman–Crippen LogP) is 3.53. The molecule has 0 aromatic heterocycles. The van der Waals surface area contributed by atoms with Gasteiger partial charge in [0.25, 0.3) is 0 Å². The lowest BCUT2D eigenvalue weighted by Crippen LogP contribution is -2.10. The standard InChI is InChI=1S/C15H12F2O3/c1-8(15(19)20)11-6-7-12(14(17)13(11)16)9-2-4-10(18)5-3-9/h2-8,18H,1H3,(H,19,20). The highest BCUT2D eigenvalue weighted by Gasteiger charge is 2.22. The Labute approximate surface area is 114 Å². The second-order valence-electron chi connectivity index (χ2n) is 4.44. The number of rotatable bonds is 3. The number of carboxylic acid groups (broad SMARTS) is 1. The van der Waals surface area contributed by atoms with Crippen LogP contribution >= 0.6 is 0 Å². The first-order valence-corrected chi connectivity index (χ1v) is 5.92. The molecule has 20 heavy (non-hydrogen) atoms. The lowest BCUT2D eigenvalue weighted by Gasteiger charge is -2.11. The Hall–Kier alpha value is -2.43. The molecule has 2 aromatic carbocycles. The number of hydrogen-bond donors (Lipinski definition) is 2. The number of phenols is 1. The lowest BCUT2D eigenvalue weighted by molar-refractivity contribution is -0.138. The van der Waals surface area contributed by atoms with Crippen LogP contribution in [-0.4, -0.2) is 16.2 Å². The van der Waals surface area contributed by atoms with E-state index >= 15 is 0 Å². The van der Waals surface area contributed by atoms with E-state index in [0.717, 1.165) is 0 Å². The SMILES string of the molecule is CC(C(=O)O)c1ccc(-c2ccc(O)cc2)c(F)c1F. The Morgan fingerprint density at radius 3 is 2.20 bits per heavy atom. The van der Waals surface area contributed by atoms with Gasteiger partial charge in [0.15, 0.2) is 11.6 Å². The van der Waals surface area contributed by atoms with E-state index in [1.165, 1.54) is 43.3 Å². The number of phenolic OH excluding ortho intramolecular Hbond substituents is 1. The van der Waals surface area contributed by atoms with Gasteiger partial charge in [-0.05, 0) is 24.6 Å². The van der Waals surface area contributed by atoms with Crippen molar-refractivity contribution in [3.8, 4) is 16.9 Å². The number of aliphatic carboxylic acids is 1. The molecule has 2 aromatic rings. The number of hydrogen-bond acceptors (Lipinski definition) is 2. The topological polar surface area (TPSA) is 57.5 Å². The molecule has 1 atom stereocenters. The minimum absolute atomic E-state index is 0.0174.